The van der Waals surface area contributed by atoms with Crippen LogP contribution in [0.5, 0.6) is 0 Å². The number of nitrogen functional groups attached to an aromatic ring is 1. The maximum Gasteiger partial charge on any atom is 0.296 e. The minimum Gasteiger partial charge on any atom is -0.456 e. The summed E-state index contributed by atoms with van der Waals surface area (Å²) in [5.74, 6) is -0.214. The second-order valence-corrected chi connectivity index (χ2v) is 6.25. The van der Waals surface area contributed by atoms with Crippen molar-refractivity contribution in [1.82, 2.24) is 0 Å². The number of furan rings is 1. The molecule has 7 nitrogen and oxygen atoms in total. The summed E-state index contributed by atoms with van der Waals surface area (Å²) in [4.78, 5) is 10.7. The molecule has 2 aromatic carbocycles. The standard InChI is InChI=1S/C14H12N2O5S/c1-7(17)16-8-2-3-9-10-5-11(15)14(22(18,19)20)6-13(10)21-12(9)4-8/h2-6H,15H2,1H3,(H,16,17)(H,18,19,20). The van der Waals surface area contributed by atoms with Crippen LogP contribution in [0.25, 0.3) is 21.9 Å². The lowest BCUT2D eigenvalue weighted by atomic mass is 10.1. The molecule has 0 aliphatic rings. The van der Waals surface area contributed by atoms with Crippen molar-refractivity contribution in [3.8, 4) is 0 Å². The molecule has 22 heavy (non-hydrogen) atoms. The first-order valence-corrected chi connectivity index (χ1v) is 7.70. The van der Waals surface area contributed by atoms with Crippen LogP contribution in [0.1, 0.15) is 6.92 Å². The normalized spacial score (nSPS) is 11.9. The van der Waals surface area contributed by atoms with Crippen LogP contribution in [0, 0.1) is 0 Å². The van der Waals surface area contributed by atoms with Crippen LogP contribution < -0.4 is 11.1 Å². The van der Waals surface area contributed by atoms with Crippen molar-refractivity contribution < 1.29 is 22.2 Å². The molecule has 3 aromatic rings. The lowest BCUT2D eigenvalue weighted by Crippen LogP contribution is -2.05. The summed E-state index contributed by atoms with van der Waals surface area (Å²) in [6, 6.07) is 7.67. The zero-order chi connectivity index (χ0) is 16.1. The van der Waals surface area contributed by atoms with Gasteiger partial charge in [-0.05, 0) is 18.2 Å². The summed E-state index contributed by atoms with van der Waals surface area (Å²) in [6.45, 7) is 1.39. The van der Waals surface area contributed by atoms with E-state index >= 15 is 0 Å². The zero-order valence-corrected chi connectivity index (χ0v) is 12.3. The Labute approximate surface area is 125 Å². The highest BCUT2D eigenvalue weighted by Gasteiger charge is 2.18. The lowest BCUT2D eigenvalue weighted by Gasteiger charge is -2.02. The van der Waals surface area contributed by atoms with Gasteiger partial charge in [0.25, 0.3) is 10.1 Å². The molecule has 0 unspecified atom stereocenters. The van der Waals surface area contributed by atoms with Gasteiger partial charge in [0.2, 0.25) is 5.91 Å². The number of carbonyl (C=O) groups excluding carboxylic acids is 1. The third-order valence-corrected chi connectivity index (χ3v) is 4.11. The van der Waals surface area contributed by atoms with Gasteiger partial charge < -0.3 is 15.5 Å². The van der Waals surface area contributed by atoms with Crippen LogP contribution in [0.3, 0.4) is 0 Å². The molecule has 4 N–H and O–H groups in total. The Morgan fingerprint density at radius 1 is 1.18 bits per heavy atom. The average molecular weight is 320 g/mol. The molecule has 3 rings (SSSR count). The molecule has 0 radical (unpaired) electrons. The van der Waals surface area contributed by atoms with Crippen LogP contribution in [0.4, 0.5) is 11.4 Å². The lowest BCUT2D eigenvalue weighted by molar-refractivity contribution is -0.114. The minimum absolute atomic E-state index is 0.0661. The molecule has 1 heterocycles. The minimum atomic E-state index is -4.43. The largest absolute Gasteiger partial charge is 0.456 e. The Morgan fingerprint density at radius 3 is 2.50 bits per heavy atom. The fourth-order valence-electron chi connectivity index (χ4n) is 2.32. The van der Waals surface area contributed by atoms with Gasteiger partial charge in [-0.3, -0.25) is 9.35 Å². The summed E-state index contributed by atoms with van der Waals surface area (Å²) >= 11 is 0. The van der Waals surface area contributed by atoms with E-state index < -0.39 is 15.0 Å². The highest BCUT2D eigenvalue weighted by Crippen LogP contribution is 2.34. The summed E-state index contributed by atoms with van der Waals surface area (Å²) in [5, 5.41) is 3.97. The summed E-state index contributed by atoms with van der Waals surface area (Å²) in [7, 11) is -4.43. The van der Waals surface area contributed by atoms with Crippen LogP contribution in [-0.4, -0.2) is 18.9 Å². The predicted octanol–water partition coefficient (Wildman–Crippen LogP) is 2.37. The number of nitrogens with one attached hydrogen (secondary N) is 1. The van der Waals surface area contributed by atoms with Crippen molar-refractivity contribution in [3.05, 3.63) is 30.3 Å². The van der Waals surface area contributed by atoms with E-state index in [1.54, 1.807) is 18.2 Å². The van der Waals surface area contributed by atoms with Crippen LogP contribution in [0.15, 0.2) is 39.6 Å². The second-order valence-electron chi connectivity index (χ2n) is 4.86. The van der Waals surface area contributed by atoms with Crippen molar-refractivity contribution >= 4 is 49.3 Å². The van der Waals surface area contributed by atoms with E-state index in [0.717, 1.165) is 5.39 Å². The fourth-order valence-corrected chi connectivity index (χ4v) is 2.94. The smallest absolute Gasteiger partial charge is 0.296 e. The quantitative estimate of drug-likeness (QED) is 0.492. The van der Waals surface area contributed by atoms with Gasteiger partial charge in [0.05, 0.1) is 5.69 Å². The number of fused-ring (bicyclic) bond motifs is 3. The first kappa shape index (κ1) is 14.4. The third-order valence-electron chi connectivity index (χ3n) is 3.20. The van der Waals surface area contributed by atoms with Gasteiger partial charge in [-0.1, -0.05) is 0 Å². The zero-order valence-electron chi connectivity index (χ0n) is 11.5. The first-order chi connectivity index (χ1) is 10.3. The van der Waals surface area contributed by atoms with Crippen LogP contribution in [-0.2, 0) is 14.9 Å². The molecular formula is C14H12N2O5S. The van der Waals surface area contributed by atoms with Crippen molar-refractivity contribution in [2.45, 2.75) is 11.8 Å². The molecule has 0 saturated carbocycles. The van der Waals surface area contributed by atoms with Crippen LogP contribution in [0.2, 0.25) is 0 Å². The average Bonchev–Trinajstić information content (AvgIpc) is 2.72. The summed E-state index contributed by atoms with van der Waals surface area (Å²) in [5.41, 5.74) is 6.91. The van der Waals surface area contributed by atoms with Gasteiger partial charge in [-0.25, -0.2) is 0 Å². The number of anilines is 2. The molecule has 0 atom stereocenters. The molecule has 0 saturated heterocycles. The van der Waals surface area contributed by atoms with Gasteiger partial charge in [0, 0.05) is 35.5 Å². The van der Waals surface area contributed by atoms with Crippen molar-refractivity contribution in [2.75, 3.05) is 11.1 Å². The number of rotatable bonds is 2. The SMILES string of the molecule is CC(=O)Nc1ccc2c(c1)oc1cc(S(=O)(=O)O)c(N)cc12. The maximum atomic E-state index is 11.3. The molecule has 8 heteroatoms. The Kier molecular flexibility index (Phi) is 3.08. The van der Waals surface area contributed by atoms with Crippen molar-refractivity contribution in [3.63, 3.8) is 0 Å². The number of benzene rings is 2. The molecule has 0 fully saturated rings. The van der Waals surface area contributed by atoms with E-state index in [4.69, 9.17) is 14.7 Å². The monoisotopic (exact) mass is 320 g/mol. The molecule has 0 bridgehead atoms. The molecule has 114 valence electrons. The number of hydrogen-bond donors (Lipinski definition) is 3. The maximum absolute atomic E-state index is 11.3. The van der Waals surface area contributed by atoms with Crippen molar-refractivity contribution in [1.29, 1.82) is 0 Å². The molecular weight excluding hydrogens is 308 g/mol. The topological polar surface area (TPSA) is 123 Å². The van der Waals surface area contributed by atoms with E-state index in [-0.39, 0.29) is 17.2 Å². The Balaban J connectivity index is 2.27. The van der Waals surface area contributed by atoms with E-state index in [1.165, 1.54) is 19.1 Å². The van der Waals surface area contributed by atoms with Crippen LogP contribution >= 0.6 is 0 Å². The number of carbonyl (C=O) groups is 1. The van der Waals surface area contributed by atoms with Crippen molar-refractivity contribution in [2.24, 2.45) is 0 Å². The Hall–Kier alpha value is -2.58. The highest BCUT2D eigenvalue weighted by molar-refractivity contribution is 7.86. The van der Waals surface area contributed by atoms with E-state index in [0.29, 0.717) is 16.7 Å². The highest BCUT2D eigenvalue weighted by atomic mass is 32.2. The molecule has 1 aromatic heterocycles. The van der Waals surface area contributed by atoms with Gasteiger partial charge in [0.1, 0.15) is 16.1 Å². The van der Waals surface area contributed by atoms with Gasteiger partial charge in [0.15, 0.2) is 0 Å². The molecule has 0 spiro atoms. The van der Waals surface area contributed by atoms with Gasteiger partial charge >= 0.3 is 0 Å². The molecule has 0 aliphatic carbocycles. The van der Waals surface area contributed by atoms with E-state index in [2.05, 4.69) is 5.32 Å². The molecule has 0 aliphatic heterocycles. The predicted molar refractivity (Wildman–Crippen MR) is 82.3 cm³/mol. The second kappa shape index (κ2) is 4.72. The first-order valence-electron chi connectivity index (χ1n) is 6.26. The Bertz CT molecular complexity index is 1020. The van der Waals surface area contributed by atoms with Gasteiger partial charge in [-0.15, -0.1) is 0 Å². The molecule has 1 amide bonds. The third kappa shape index (κ3) is 2.38. The number of hydrogen-bond acceptors (Lipinski definition) is 5. The summed E-state index contributed by atoms with van der Waals surface area (Å²) < 4.78 is 37.3. The van der Waals surface area contributed by atoms with E-state index in [9.17, 15) is 13.2 Å². The fraction of sp³-hybridized carbons (Fsp3) is 0.0714. The Morgan fingerprint density at radius 2 is 1.86 bits per heavy atom. The van der Waals surface area contributed by atoms with E-state index in [1.807, 2.05) is 0 Å². The number of amides is 1. The van der Waals surface area contributed by atoms with Gasteiger partial charge in [-0.2, -0.15) is 8.42 Å². The number of nitrogens with two attached hydrogens (primary N) is 1. The summed E-state index contributed by atoms with van der Waals surface area (Å²) in [6.07, 6.45) is 0.